The van der Waals surface area contributed by atoms with E-state index in [1.54, 1.807) is 32.2 Å². The summed E-state index contributed by atoms with van der Waals surface area (Å²) in [5.41, 5.74) is 0. The lowest BCUT2D eigenvalue weighted by Crippen LogP contribution is -2.38. The molecule has 1 rings (SSSR count). The highest BCUT2D eigenvalue weighted by molar-refractivity contribution is 5.74. The van der Waals surface area contributed by atoms with Gasteiger partial charge in [0.05, 0.1) is 18.2 Å². The Morgan fingerprint density at radius 3 is 2.72 bits per heavy atom. The van der Waals surface area contributed by atoms with Crippen LogP contribution in [0.25, 0.3) is 0 Å². The topological polar surface area (TPSA) is 91.6 Å². The summed E-state index contributed by atoms with van der Waals surface area (Å²) >= 11 is 0. The maximum absolute atomic E-state index is 11.5. The van der Waals surface area contributed by atoms with Gasteiger partial charge in [0.2, 0.25) is 0 Å². The number of furan rings is 1. The molecule has 3 N–H and O–H groups in total. The molecule has 1 aromatic rings. The Labute approximate surface area is 105 Å². The second-order valence-corrected chi connectivity index (χ2v) is 4.17. The van der Waals surface area contributed by atoms with Crippen LogP contribution in [0, 0.1) is 5.92 Å². The molecule has 0 aliphatic rings. The highest BCUT2D eigenvalue weighted by Gasteiger charge is 2.13. The number of carbonyl (C=O) groups excluding carboxylic acids is 1. The summed E-state index contributed by atoms with van der Waals surface area (Å²) in [4.78, 5) is 22.1. The molecule has 0 aromatic carbocycles. The van der Waals surface area contributed by atoms with Crippen molar-refractivity contribution in [3.8, 4) is 0 Å². The van der Waals surface area contributed by atoms with E-state index >= 15 is 0 Å². The molecule has 2 unspecified atom stereocenters. The van der Waals surface area contributed by atoms with Gasteiger partial charge in [-0.15, -0.1) is 0 Å². The SMILES string of the molecule is CC(CCNC(=O)NC(C)c1ccco1)C(=O)O. The molecule has 1 heterocycles. The van der Waals surface area contributed by atoms with Crippen LogP contribution in [-0.4, -0.2) is 23.7 Å². The minimum atomic E-state index is -0.860. The number of urea groups is 1. The molecule has 0 aliphatic heterocycles. The first-order valence-electron chi connectivity index (χ1n) is 5.81. The van der Waals surface area contributed by atoms with Crippen molar-refractivity contribution in [3.63, 3.8) is 0 Å². The number of carbonyl (C=O) groups is 2. The van der Waals surface area contributed by atoms with E-state index in [0.717, 1.165) is 0 Å². The van der Waals surface area contributed by atoms with E-state index < -0.39 is 11.9 Å². The lowest BCUT2D eigenvalue weighted by atomic mass is 10.1. The van der Waals surface area contributed by atoms with Gasteiger partial charge in [0.1, 0.15) is 5.76 Å². The van der Waals surface area contributed by atoms with E-state index in [0.29, 0.717) is 18.7 Å². The van der Waals surface area contributed by atoms with E-state index in [1.807, 2.05) is 0 Å². The van der Waals surface area contributed by atoms with Crippen LogP contribution < -0.4 is 10.6 Å². The van der Waals surface area contributed by atoms with E-state index in [-0.39, 0.29) is 12.1 Å². The average Bonchev–Trinajstić information content (AvgIpc) is 2.81. The summed E-state index contributed by atoms with van der Waals surface area (Å²) < 4.78 is 5.15. The van der Waals surface area contributed by atoms with E-state index in [1.165, 1.54) is 0 Å². The van der Waals surface area contributed by atoms with Crippen molar-refractivity contribution in [2.45, 2.75) is 26.3 Å². The van der Waals surface area contributed by atoms with Crippen molar-refractivity contribution in [1.82, 2.24) is 10.6 Å². The Morgan fingerprint density at radius 2 is 2.17 bits per heavy atom. The lowest BCUT2D eigenvalue weighted by molar-refractivity contribution is -0.141. The van der Waals surface area contributed by atoms with Crippen molar-refractivity contribution in [2.24, 2.45) is 5.92 Å². The predicted octanol–water partition coefficient (Wildman–Crippen LogP) is 1.75. The third kappa shape index (κ3) is 4.48. The van der Waals surface area contributed by atoms with E-state index in [2.05, 4.69) is 10.6 Å². The Bertz CT molecular complexity index is 389. The van der Waals surface area contributed by atoms with Gasteiger partial charge in [0.25, 0.3) is 0 Å². The summed E-state index contributed by atoms with van der Waals surface area (Å²) in [7, 11) is 0. The first-order chi connectivity index (χ1) is 8.50. The molecule has 2 atom stereocenters. The first-order valence-corrected chi connectivity index (χ1v) is 5.81. The second kappa shape index (κ2) is 6.68. The number of rotatable bonds is 6. The van der Waals surface area contributed by atoms with Crippen molar-refractivity contribution in [1.29, 1.82) is 0 Å². The minimum Gasteiger partial charge on any atom is -0.481 e. The zero-order valence-electron chi connectivity index (χ0n) is 10.5. The highest BCUT2D eigenvalue weighted by atomic mass is 16.4. The fourth-order valence-corrected chi connectivity index (χ4v) is 1.38. The Balaban J connectivity index is 2.24. The third-order valence-corrected chi connectivity index (χ3v) is 2.60. The van der Waals surface area contributed by atoms with Gasteiger partial charge in [-0.25, -0.2) is 4.79 Å². The summed E-state index contributed by atoms with van der Waals surface area (Å²) in [5, 5.41) is 14.0. The molecule has 18 heavy (non-hydrogen) atoms. The molecule has 0 saturated carbocycles. The number of aliphatic carboxylic acids is 1. The summed E-state index contributed by atoms with van der Waals surface area (Å²) in [6.45, 7) is 3.73. The van der Waals surface area contributed by atoms with E-state index in [4.69, 9.17) is 9.52 Å². The van der Waals surface area contributed by atoms with Crippen LogP contribution in [0.3, 0.4) is 0 Å². The first kappa shape index (κ1) is 14.1. The zero-order chi connectivity index (χ0) is 13.5. The summed E-state index contributed by atoms with van der Waals surface area (Å²) in [6.07, 6.45) is 1.94. The number of amides is 2. The molecule has 0 fully saturated rings. The summed E-state index contributed by atoms with van der Waals surface area (Å²) in [5.74, 6) is -0.655. The second-order valence-electron chi connectivity index (χ2n) is 4.17. The van der Waals surface area contributed by atoms with Gasteiger partial charge in [-0.05, 0) is 25.5 Å². The van der Waals surface area contributed by atoms with Gasteiger partial charge >= 0.3 is 12.0 Å². The van der Waals surface area contributed by atoms with Crippen molar-refractivity contribution < 1.29 is 19.1 Å². The van der Waals surface area contributed by atoms with Crippen LogP contribution in [0.4, 0.5) is 4.79 Å². The lowest BCUT2D eigenvalue weighted by Gasteiger charge is -2.13. The number of carboxylic acid groups (broad SMARTS) is 1. The largest absolute Gasteiger partial charge is 0.481 e. The van der Waals surface area contributed by atoms with Gasteiger partial charge in [-0.3, -0.25) is 4.79 Å². The molecule has 6 heteroatoms. The molecule has 0 bridgehead atoms. The van der Waals surface area contributed by atoms with Crippen LogP contribution in [0.15, 0.2) is 22.8 Å². The zero-order valence-corrected chi connectivity index (χ0v) is 10.5. The number of carboxylic acids is 1. The molecule has 0 spiro atoms. The van der Waals surface area contributed by atoms with Crippen LogP contribution >= 0.6 is 0 Å². The van der Waals surface area contributed by atoms with Crippen molar-refractivity contribution >= 4 is 12.0 Å². The van der Waals surface area contributed by atoms with Gasteiger partial charge < -0.3 is 20.2 Å². The number of hydrogen-bond acceptors (Lipinski definition) is 3. The van der Waals surface area contributed by atoms with Crippen LogP contribution in [-0.2, 0) is 4.79 Å². The van der Waals surface area contributed by atoms with Gasteiger partial charge in [-0.2, -0.15) is 0 Å². The molecular weight excluding hydrogens is 236 g/mol. The van der Waals surface area contributed by atoms with Gasteiger partial charge in [0.15, 0.2) is 0 Å². The third-order valence-electron chi connectivity index (χ3n) is 2.60. The standard InChI is InChI=1S/C12H18N2O4/c1-8(11(15)16)5-6-13-12(17)14-9(2)10-4-3-7-18-10/h3-4,7-9H,5-6H2,1-2H3,(H,15,16)(H2,13,14,17). The van der Waals surface area contributed by atoms with Gasteiger partial charge in [-0.1, -0.05) is 6.92 Å². The molecule has 0 saturated heterocycles. The maximum atomic E-state index is 11.5. The Morgan fingerprint density at radius 1 is 1.44 bits per heavy atom. The fourth-order valence-electron chi connectivity index (χ4n) is 1.38. The van der Waals surface area contributed by atoms with Crippen molar-refractivity contribution in [3.05, 3.63) is 24.2 Å². The highest BCUT2D eigenvalue weighted by Crippen LogP contribution is 2.11. The van der Waals surface area contributed by atoms with Crippen LogP contribution in [0.2, 0.25) is 0 Å². The minimum absolute atomic E-state index is 0.225. The Hall–Kier alpha value is -1.98. The molecule has 2 amide bonds. The Kier molecular flexibility index (Phi) is 5.23. The van der Waals surface area contributed by atoms with Crippen molar-refractivity contribution in [2.75, 3.05) is 6.54 Å². The monoisotopic (exact) mass is 254 g/mol. The number of nitrogens with one attached hydrogen (secondary N) is 2. The molecular formula is C12H18N2O4. The predicted molar refractivity (Wildman–Crippen MR) is 65.1 cm³/mol. The smallest absolute Gasteiger partial charge is 0.315 e. The average molecular weight is 254 g/mol. The molecule has 6 nitrogen and oxygen atoms in total. The maximum Gasteiger partial charge on any atom is 0.315 e. The van der Waals surface area contributed by atoms with E-state index in [9.17, 15) is 9.59 Å². The molecule has 100 valence electrons. The molecule has 0 aliphatic carbocycles. The summed E-state index contributed by atoms with van der Waals surface area (Å²) in [6, 6.07) is 2.96. The van der Waals surface area contributed by atoms with Crippen LogP contribution in [0.5, 0.6) is 0 Å². The van der Waals surface area contributed by atoms with Crippen LogP contribution in [0.1, 0.15) is 32.1 Å². The quantitative estimate of drug-likeness (QED) is 0.721. The fraction of sp³-hybridized carbons (Fsp3) is 0.500. The molecule has 0 radical (unpaired) electrons. The van der Waals surface area contributed by atoms with Gasteiger partial charge in [0, 0.05) is 6.54 Å². The number of hydrogen-bond donors (Lipinski definition) is 3. The normalized spacial score (nSPS) is 13.7. The molecule has 1 aromatic heterocycles.